The van der Waals surface area contributed by atoms with Crippen LogP contribution in [0.2, 0.25) is 0 Å². The lowest BCUT2D eigenvalue weighted by Crippen LogP contribution is -2.50. The SMILES string of the molecule is COCCOc1ccccc1-n1c(-c2ccccc2)c(C(=O)N2CCN(C(=O)O)CC2)[nH]c1=O. The molecule has 0 aliphatic carbocycles. The summed E-state index contributed by atoms with van der Waals surface area (Å²) < 4.78 is 12.3. The van der Waals surface area contributed by atoms with Crippen LogP contribution in [0.4, 0.5) is 4.79 Å². The van der Waals surface area contributed by atoms with Crippen LogP contribution < -0.4 is 10.4 Å². The lowest BCUT2D eigenvalue weighted by molar-refractivity contribution is 0.0620. The van der Waals surface area contributed by atoms with Crippen molar-refractivity contribution in [3.63, 3.8) is 0 Å². The molecule has 1 fully saturated rings. The van der Waals surface area contributed by atoms with Gasteiger partial charge in [-0.05, 0) is 12.1 Å². The van der Waals surface area contributed by atoms with Crippen LogP contribution >= 0.6 is 0 Å². The second-order valence-corrected chi connectivity index (χ2v) is 7.73. The number of benzene rings is 2. The Bertz CT molecular complexity index is 1210. The fourth-order valence-corrected chi connectivity index (χ4v) is 3.95. The van der Waals surface area contributed by atoms with Crippen LogP contribution in [0.25, 0.3) is 16.9 Å². The van der Waals surface area contributed by atoms with Crippen LogP contribution in [0.15, 0.2) is 59.4 Å². The van der Waals surface area contributed by atoms with Gasteiger partial charge in [0.15, 0.2) is 0 Å². The first-order chi connectivity index (χ1) is 16.5. The predicted octanol–water partition coefficient (Wildman–Crippen LogP) is 2.29. The normalized spacial score (nSPS) is 13.7. The van der Waals surface area contributed by atoms with Crippen LogP contribution in [0.3, 0.4) is 0 Å². The topological polar surface area (TPSA) is 117 Å². The number of ether oxygens (including phenoxy) is 2. The average Bonchev–Trinajstić information content (AvgIpc) is 3.21. The van der Waals surface area contributed by atoms with Gasteiger partial charge in [0.2, 0.25) is 0 Å². The summed E-state index contributed by atoms with van der Waals surface area (Å²) in [7, 11) is 1.58. The van der Waals surface area contributed by atoms with Gasteiger partial charge in [-0.2, -0.15) is 0 Å². The summed E-state index contributed by atoms with van der Waals surface area (Å²) in [5.74, 6) is 0.115. The molecule has 3 aromatic rings. The third kappa shape index (κ3) is 4.67. The second-order valence-electron chi connectivity index (χ2n) is 7.73. The third-order valence-corrected chi connectivity index (χ3v) is 5.65. The molecular weight excluding hydrogens is 440 g/mol. The first kappa shape index (κ1) is 23.1. The Morgan fingerprint density at radius 1 is 0.941 bits per heavy atom. The molecule has 0 saturated carbocycles. The van der Waals surface area contributed by atoms with E-state index in [0.29, 0.717) is 35.9 Å². The molecule has 10 nitrogen and oxygen atoms in total. The molecule has 1 aliphatic heterocycles. The highest BCUT2D eigenvalue weighted by Gasteiger charge is 2.30. The highest BCUT2D eigenvalue weighted by Crippen LogP contribution is 2.30. The number of piperazine rings is 1. The monoisotopic (exact) mass is 466 g/mol. The quantitative estimate of drug-likeness (QED) is 0.516. The maximum Gasteiger partial charge on any atom is 0.407 e. The lowest BCUT2D eigenvalue weighted by Gasteiger charge is -2.33. The van der Waals surface area contributed by atoms with E-state index >= 15 is 0 Å². The number of hydrogen-bond donors (Lipinski definition) is 2. The number of H-pyrrole nitrogens is 1. The van der Waals surface area contributed by atoms with Crippen molar-refractivity contribution in [3.05, 3.63) is 70.8 Å². The Morgan fingerprint density at radius 3 is 2.26 bits per heavy atom. The van der Waals surface area contributed by atoms with Crippen molar-refractivity contribution < 1.29 is 24.2 Å². The van der Waals surface area contributed by atoms with Gasteiger partial charge in [0.25, 0.3) is 5.91 Å². The number of amides is 2. The van der Waals surface area contributed by atoms with Crippen molar-refractivity contribution in [2.24, 2.45) is 0 Å². The van der Waals surface area contributed by atoms with Gasteiger partial charge in [-0.3, -0.25) is 9.36 Å². The number of imidazole rings is 1. The minimum absolute atomic E-state index is 0.145. The molecule has 0 unspecified atom stereocenters. The minimum Gasteiger partial charge on any atom is -0.489 e. The van der Waals surface area contributed by atoms with Gasteiger partial charge in [0, 0.05) is 38.9 Å². The maximum absolute atomic E-state index is 13.5. The Labute approximate surface area is 195 Å². The van der Waals surface area contributed by atoms with Gasteiger partial charge < -0.3 is 29.4 Å². The summed E-state index contributed by atoms with van der Waals surface area (Å²) in [5, 5.41) is 9.19. The number of hydrogen-bond acceptors (Lipinski definition) is 5. The number of nitrogens with one attached hydrogen (secondary N) is 1. The highest BCUT2D eigenvalue weighted by molar-refractivity contribution is 5.99. The van der Waals surface area contributed by atoms with E-state index in [2.05, 4.69) is 4.98 Å². The second kappa shape index (κ2) is 10.3. The third-order valence-electron chi connectivity index (χ3n) is 5.65. The van der Waals surface area contributed by atoms with Crippen molar-refractivity contribution in [3.8, 4) is 22.7 Å². The summed E-state index contributed by atoms with van der Waals surface area (Å²) in [5.41, 5.74) is 1.26. The Morgan fingerprint density at radius 2 is 1.59 bits per heavy atom. The zero-order valence-electron chi connectivity index (χ0n) is 18.8. The Hall–Kier alpha value is -4.05. The Kier molecular flexibility index (Phi) is 6.98. The van der Waals surface area contributed by atoms with E-state index in [1.807, 2.05) is 30.3 Å². The molecule has 0 radical (unpaired) electrons. The number of carboxylic acid groups (broad SMARTS) is 1. The molecule has 1 saturated heterocycles. The van der Waals surface area contributed by atoms with Crippen molar-refractivity contribution in [1.29, 1.82) is 0 Å². The van der Waals surface area contributed by atoms with Crippen LogP contribution in [0.1, 0.15) is 10.5 Å². The molecule has 10 heteroatoms. The fourth-order valence-electron chi connectivity index (χ4n) is 3.95. The largest absolute Gasteiger partial charge is 0.489 e. The molecule has 1 aliphatic rings. The first-order valence-electron chi connectivity index (χ1n) is 10.9. The molecule has 4 rings (SSSR count). The van der Waals surface area contributed by atoms with Gasteiger partial charge in [-0.1, -0.05) is 42.5 Å². The van der Waals surface area contributed by atoms with E-state index in [1.54, 1.807) is 36.3 Å². The Balaban J connectivity index is 1.78. The molecule has 0 bridgehead atoms. The van der Waals surface area contributed by atoms with Crippen LogP contribution in [0, 0.1) is 0 Å². The first-order valence-corrected chi connectivity index (χ1v) is 10.9. The summed E-state index contributed by atoms with van der Waals surface area (Å²) >= 11 is 0. The number of para-hydroxylation sites is 2. The number of rotatable bonds is 7. The number of aromatic amines is 1. The van der Waals surface area contributed by atoms with Crippen LogP contribution in [0.5, 0.6) is 5.75 Å². The number of carbonyl (C=O) groups excluding carboxylic acids is 1. The van der Waals surface area contributed by atoms with E-state index in [1.165, 1.54) is 9.47 Å². The van der Waals surface area contributed by atoms with Crippen LogP contribution in [-0.2, 0) is 4.74 Å². The van der Waals surface area contributed by atoms with Gasteiger partial charge in [-0.25, -0.2) is 9.59 Å². The smallest absolute Gasteiger partial charge is 0.407 e. The molecule has 1 aromatic heterocycles. The van der Waals surface area contributed by atoms with Crippen molar-refractivity contribution in [2.75, 3.05) is 46.5 Å². The summed E-state index contributed by atoms with van der Waals surface area (Å²) in [4.78, 5) is 43.5. The molecule has 2 heterocycles. The van der Waals surface area contributed by atoms with Gasteiger partial charge >= 0.3 is 11.8 Å². The van der Waals surface area contributed by atoms with Gasteiger partial charge in [0.05, 0.1) is 18.0 Å². The fraction of sp³-hybridized carbons (Fsp3) is 0.292. The van der Waals surface area contributed by atoms with Gasteiger partial charge in [-0.15, -0.1) is 0 Å². The zero-order chi connectivity index (χ0) is 24.1. The maximum atomic E-state index is 13.5. The number of nitrogens with zero attached hydrogens (tertiary/aromatic N) is 3. The van der Waals surface area contributed by atoms with Crippen molar-refractivity contribution >= 4 is 12.0 Å². The molecular formula is C24H26N4O6. The molecule has 2 amide bonds. The molecule has 2 aromatic carbocycles. The van der Waals surface area contributed by atoms with E-state index < -0.39 is 11.8 Å². The molecule has 0 spiro atoms. The van der Waals surface area contributed by atoms with E-state index in [4.69, 9.17) is 9.47 Å². The predicted molar refractivity (Wildman–Crippen MR) is 125 cm³/mol. The average molecular weight is 466 g/mol. The highest BCUT2D eigenvalue weighted by atomic mass is 16.5. The van der Waals surface area contributed by atoms with Gasteiger partial charge in [0.1, 0.15) is 18.1 Å². The van der Waals surface area contributed by atoms with E-state index in [-0.39, 0.29) is 37.8 Å². The zero-order valence-corrected chi connectivity index (χ0v) is 18.8. The molecule has 178 valence electrons. The van der Waals surface area contributed by atoms with E-state index in [0.717, 1.165) is 0 Å². The molecule has 34 heavy (non-hydrogen) atoms. The number of methoxy groups -OCH3 is 1. The standard InChI is InChI=1S/C24H26N4O6/c1-33-15-16-34-19-10-6-5-9-18(19)28-21(17-7-3-2-4-8-17)20(25-23(28)30)22(29)26-11-13-27(14-12-26)24(31)32/h2-10H,11-16H2,1H3,(H,25,30)(H,31,32). The summed E-state index contributed by atoms with van der Waals surface area (Å²) in [6.45, 7) is 1.58. The van der Waals surface area contributed by atoms with Crippen molar-refractivity contribution in [2.45, 2.75) is 0 Å². The van der Waals surface area contributed by atoms with Crippen molar-refractivity contribution in [1.82, 2.24) is 19.4 Å². The van der Waals surface area contributed by atoms with E-state index in [9.17, 15) is 19.5 Å². The van der Waals surface area contributed by atoms with Crippen LogP contribution in [-0.4, -0.2) is 83.0 Å². The minimum atomic E-state index is -1.01. The summed E-state index contributed by atoms with van der Waals surface area (Å²) in [6.07, 6.45) is -1.01. The summed E-state index contributed by atoms with van der Waals surface area (Å²) in [6, 6.07) is 16.3. The number of carbonyl (C=O) groups is 2. The molecule has 2 N–H and O–H groups in total. The molecule has 0 atom stereocenters. The lowest BCUT2D eigenvalue weighted by atomic mass is 10.1. The number of aromatic nitrogens is 2.